The lowest BCUT2D eigenvalue weighted by Gasteiger charge is -2.37. The van der Waals surface area contributed by atoms with Gasteiger partial charge in [-0.05, 0) is 53.4 Å². The molecule has 1 amide bonds. The van der Waals surface area contributed by atoms with Gasteiger partial charge in [0.1, 0.15) is 0 Å². The van der Waals surface area contributed by atoms with Crippen LogP contribution in [0, 0.1) is 0 Å². The van der Waals surface area contributed by atoms with E-state index in [1.807, 2.05) is 35.2 Å². The topological polar surface area (TPSA) is 54.5 Å². The first kappa shape index (κ1) is 30.4. The number of methoxy groups -OCH3 is 3. The van der Waals surface area contributed by atoms with Gasteiger partial charge in [0, 0.05) is 50.5 Å². The number of aryl methyl sites for hydroxylation is 1. The number of carbonyl (C=O) groups is 1. The first-order chi connectivity index (χ1) is 18.1. The minimum atomic E-state index is 0. The van der Waals surface area contributed by atoms with Crippen molar-refractivity contribution >= 4 is 42.1 Å². The molecule has 0 radical (unpaired) electrons. The SMILES string of the molecule is COc1cc(CN2CCN(c3ccc4c(c3)CCC(=O)N4Cc3ccccc3)CC2)cc(OC)c1OC.Cl.Cl. The number of hydrogen-bond acceptors (Lipinski definition) is 6. The fourth-order valence-electron chi connectivity index (χ4n) is 5.33. The highest BCUT2D eigenvalue weighted by molar-refractivity contribution is 5.96. The van der Waals surface area contributed by atoms with Gasteiger partial charge in [0.05, 0.1) is 27.9 Å². The largest absolute Gasteiger partial charge is 0.493 e. The zero-order valence-electron chi connectivity index (χ0n) is 22.7. The van der Waals surface area contributed by atoms with Crippen LogP contribution in [0.4, 0.5) is 11.4 Å². The molecule has 2 aliphatic rings. The molecule has 0 unspecified atom stereocenters. The van der Waals surface area contributed by atoms with Crippen molar-refractivity contribution in [3.05, 3.63) is 77.4 Å². The van der Waals surface area contributed by atoms with Gasteiger partial charge in [0.15, 0.2) is 11.5 Å². The highest BCUT2D eigenvalue weighted by Crippen LogP contribution is 2.38. The van der Waals surface area contributed by atoms with Gasteiger partial charge in [-0.25, -0.2) is 0 Å². The maximum Gasteiger partial charge on any atom is 0.227 e. The van der Waals surface area contributed by atoms with E-state index in [0.717, 1.165) is 56.0 Å². The lowest BCUT2D eigenvalue weighted by atomic mass is 9.99. The van der Waals surface area contributed by atoms with Crippen LogP contribution in [0.5, 0.6) is 17.2 Å². The van der Waals surface area contributed by atoms with Crippen LogP contribution in [-0.4, -0.2) is 58.3 Å². The summed E-state index contributed by atoms with van der Waals surface area (Å²) in [4.78, 5) is 19.6. The van der Waals surface area contributed by atoms with Gasteiger partial charge in [-0.1, -0.05) is 30.3 Å². The normalized spacial score (nSPS) is 15.1. The molecule has 1 fully saturated rings. The minimum absolute atomic E-state index is 0. The molecule has 0 aromatic heterocycles. The summed E-state index contributed by atoms with van der Waals surface area (Å²) in [6, 6.07) is 20.8. The van der Waals surface area contributed by atoms with Gasteiger partial charge >= 0.3 is 0 Å². The van der Waals surface area contributed by atoms with Gasteiger partial charge in [-0.15, -0.1) is 24.8 Å². The van der Waals surface area contributed by atoms with Crippen molar-refractivity contribution in [2.24, 2.45) is 0 Å². The Bertz CT molecular complexity index is 1230. The maximum absolute atomic E-state index is 12.7. The van der Waals surface area contributed by atoms with E-state index in [2.05, 4.69) is 40.1 Å². The Kier molecular flexibility index (Phi) is 10.7. The smallest absolute Gasteiger partial charge is 0.227 e. The van der Waals surface area contributed by atoms with Crippen LogP contribution < -0.4 is 24.0 Å². The highest BCUT2D eigenvalue weighted by atomic mass is 35.5. The Morgan fingerprint density at radius 3 is 2.00 bits per heavy atom. The number of benzene rings is 3. The summed E-state index contributed by atoms with van der Waals surface area (Å²) in [5.41, 5.74) is 5.83. The fraction of sp³-hybridized carbons (Fsp3) is 0.367. The maximum atomic E-state index is 12.7. The van der Waals surface area contributed by atoms with Crippen LogP contribution in [0.25, 0.3) is 0 Å². The lowest BCUT2D eigenvalue weighted by Crippen LogP contribution is -2.46. The molecule has 0 N–H and O–H groups in total. The molecule has 3 aromatic rings. The average molecular weight is 575 g/mol. The summed E-state index contributed by atoms with van der Waals surface area (Å²) in [5.74, 6) is 2.19. The molecule has 0 spiro atoms. The van der Waals surface area contributed by atoms with E-state index in [-0.39, 0.29) is 30.7 Å². The van der Waals surface area contributed by atoms with Gasteiger partial charge in [0.25, 0.3) is 0 Å². The van der Waals surface area contributed by atoms with Crippen LogP contribution in [0.1, 0.15) is 23.1 Å². The van der Waals surface area contributed by atoms with Gasteiger partial charge < -0.3 is 24.0 Å². The third kappa shape index (κ3) is 6.72. The Hall–Kier alpha value is -3.13. The van der Waals surface area contributed by atoms with Gasteiger partial charge in [0.2, 0.25) is 11.7 Å². The molecule has 0 aliphatic carbocycles. The Morgan fingerprint density at radius 2 is 1.38 bits per heavy atom. The van der Waals surface area contributed by atoms with Gasteiger partial charge in [-0.3, -0.25) is 9.69 Å². The molecule has 0 atom stereocenters. The first-order valence-electron chi connectivity index (χ1n) is 12.8. The summed E-state index contributed by atoms with van der Waals surface area (Å²) in [5, 5.41) is 0. The number of carbonyl (C=O) groups excluding carboxylic acids is 1. The minimum Gasteiger partial charge on any atom is -0.493 e. The predicted molar refractivity (Wildman–Crippen MR) is 160 cm³/mol. The van der Waals surface area contributed by atoms with E-state index in [9.17, 15) is 4.79 Å². The molecular formula is C30H37Cl2N3O4. The molecule has 0 bridgehead atoms. The number of hydrogen-bond donors (Lipinski definition) is 0. The van der Waals surface area contributed by atoms with Crippen molar-refractivity contribution in [2.75, 3.05) is 57.3 Å². The van der Waals surface area contributed by atoms with Crippen LogP contribution in [0.3, 0.4) is 0 Å². The number of ether oxygens (including phenoxy) is 3. The van der Waals surface area contributed by atoms with Crippen molar-refractivity contribution < 1.29 is 19.0 Å². The summed E-state index contributed by atoms with van der Waals surface area (Å²) in [7, 11) is 4.92. The number of amides is 1. The van der Waals surface area contributed by atoms with E-state index >= 15 is 0 Å². The summed E-state index contributed by atoms with van der Waals surface area (Å²) in [6.45, 7) is 5.28. The Balaban J connectivity index is 0.00000210. The monoisotopic (exact) mass is 573 g/mol. The predicted octanol–water partition coefficient (Wildman–Crippen LogP) is 5.36. The standard InChI is InChI=1S/C30H35N3O4.2ClH/c1-35-27-17-23(18-28(36-2)30(27)37-3)20-31-13-15-32(16-14-31)25-10-11-26-24(19-25)9-12-29(34)33(26)21-22-7-5-4-6-8-22;;/h4-8,10-11,17-19H,9,12-16,20-21H2,1-3H3;2*1H. The quantitative estimate of drug-likeness (QED) is 0.361. The highest BCUT2D eigenvalue weighted by Gasteiger charge is 2.26. The van der Waals surface area contributed by atoms with E-state index in [1.54, 1.807) is 21.3 Å². The summed E-state index contributed by atoms with van der Waals surface area (Å²) < 4.78 is 16.5. The molecule has 7 nitrogen and oxygen atoms in total. The molecule has 2 aliphatic heterocycles. The third-order valence-electron chi connectivity index (χ3n) is 7.31. The molecule has 39 heavy (non-hydrogen) atoms. The van der Waals surface area contributed by atoms with E-state index < -0.39 is 0 Å². The number of fused-ring (bicyclic) bond motifs is 1. The number of rotatable bonds is 8. The number of nitrogens with zero attached hydrogens (tertiary/aromatic N) is 3. The zero-order chi connectivity index (χ0) is 25.8. The van der Waals surface area contributed by atoms with Crippen molar-refractivity contribution in [3.63, 3.8) is 0 Å². The molecule has 3 aromatic carbocycles. The second-order valence-corrected chi connectivity index (χ2v) is 9.58. The fourth-order valence-corrected chi connectivity index (χ4v) is 5.33. The molecule has 2 heterocycles. The van der Waals surface area contributed by atoms with Crippen LogP contribution >= 0.6 is 24.8 Å². The molecule has 5 rings (SSSR count). The van der Waals surface area contributed by atoms with Crippen LogP contribution in [-0.2, 0) is 24.3 Å². The summed E-state index contributed by atoms with van der Waals surface area (Å²) in [6.07, 6.45) is 1.36. The second-order valence-electron chi connectivity index (χ2n) is 9.58. The first-order valence-corrected chi connectivity index (χ1v) is 12.8. The molecule has 210 valence electrons. The van der Waals surface area contributed by atoms with Crippen molar-refractivity contribution in [1.82, 2.24) is 4.90 Å². The molecule has 0 saturated carbocycles. The van der Waals surface area contributed by atoms with Crippen LogP contribution in [0.15, 0.2) is 60.7 Å². The van der Waals surface area contributed by atoms with Crippen LogP contribution in [0.2, 0.25) is 0 Å². The van der Waals surface area contributed by atoms with E-state index in [0.29, 0.717) is 30.2 Å². The van der Waals surface area contributed by atoms with Crippen molar-refractivity contribution in [3.8, 4) is 17.2 Å². The van der Waals surface area contributed by atoms with E-state index in [4.69, 9.17) is 14.2 Å². The number of halogens is 2. The second kappa shape index (κ2) is 13.8. The van der Waals surface area contributed by atoms with Crippen molar-refractivity contribution in [2.45, 2.75) is 25.9 Å². The summed E-state index contributed by atoms with van der Waals surface area (Å²) >= 11 is 0. The zero-order valence-corrected chi connectivity index (χ0v) is 24.4. The Morgan fingerprint density at radius 1 is 0.718 bits per heavy atom. The number of anilines is 2. The molecule has 9 heteroatoms. The van der Waals surface area contributed by atoms with E-state index in [1.165, 1.54) is 11.3 Å². The number of piperazine rings is 1. The van der Waals surface area contributed by atoms with Gasteiger partial charge in [-0.2, -0.15) is 0 Å². The molecular weight excluding hydrogens is 537 g/mol. The lowest BCUT2D eigenvalue weighted by molar-refractivity contribution is -0.119. The Labute approximate surface area is 243 Å². The average Bonchev–Trinajstić information content (AvgIpc) is 2.94. The third-order valence-corrected chi connectivity index (χ3v) is 7.31. The van der Waals surface area contributed by atoms with Crippen molar-refractivity contribution in [1.29, 1.82) is 0 Å². The molecule has 1 saturated heterocycles.